The second kappa shape index (κ2) is 6.28. The van der Waals surface area contributed by atoms with E-state index in [1.807, 2.05) is 0 Å². The zero-order valence-electron chi connectivity index (χ0n) is 13.6. The first-order valence-corrected chi connectivity index (χ1v) is 8.50. The molecule has 11 heteroatoms. The molecule has 0 bridgehead atoms. The molecule has 7 nitrogen and oxygen atoms in total. The predicted molar refractivity (Wildman–Crippen MR) is 83.5 cm³/mol. The lowest BCUT2D eigenvalue weighted by atomic mass is 10.1. The number of piperidine rings is 1. The Bertz CT molecular complexity index is 846. The van der Waals surface area contributed by atoms with Gasteiger partial charge in [-0.15, -0.1) is 16.4 Å². The predicted octanol–water partition coefficient (Wildman–Crippen LogP) is 1.84. The van der Waals surface area contributed by atoms with Gasteiger partial charge in [-0.2, -0.15) is 13.2 Å². The van der Waals surface area contributed by atoms with E-state index in [0.29, 0.717) is 36.2 Å². The molecule has 3 heterocycles. The Kier molecular flexibility index (Phi) is 4.43. The lowest BCUT2D eigenvalue weighted by molar-refractivity contribution is -0.147. The quantitative estimate of drug-likeness (QED) is 0.803. The number of carbonyl (C=O) groups is 1. The molecule has 2 aromatic rings. The number of carbonyl (C=O) groups excluding carboxylic acids is 1. The summed E-state index contributed by atoms with van der Waals surface area (Å²) in [5.41, 5.74) is -0.428. The summed E-state index contributed by atoms with van der Waals surface area (Å²) in [5, 5.41) is 5.94. The van der Waals surface area contributed by atoms with Crippen molar-refractivity contribution < 1.29 is 18.0 Å². The van der Waals surface area contributed by atoms with Crippen molar-refractivity contribution in [2.75, 3.05) is 13.1 Å². The van der Waals surface area contributed by atoms with Gasteiger partial charge in [0.15, 0.2) is 0 Å². The topological polar surface area (TPSA) is 73.0 Å². The van der Waals surface area contributed by atoms with Crippen LogP contribution in [0.1, 0.15) is 40.2 Å². The van der Waals surface area contributed by atoms with E-state index < -0.39 is 23.7 Å². The molecule has 0 aromatic carbocycles. The van der Waals surface area contributed by atoms with Crippen molar-refractivity contribution in [2.45, 2.75) is 32.0 Å². The Balaban J connectivity index is 1.73. The average molecular weight is 375 g/mol. The van der Waals surface area contributed by atoms with E-state index in [1.54, 1.807) is 17.2 Å². The van der Waals surface area contributed by atoms with Gasteiger partial charge in [0.1, 0.15) is 5.69 Å². The molecule has 1 aliphatic rings. The second-order valence-electron chi connectivity index (χ2n) is 5.88. The summed E-state index contributed by atoms with van der Waals surface area (Å²) in [4.78, 5) is 30.1. The second-order valence-corrected chi connectivity index (χ2v) is 6.94. The Morgan fingerprint density at radius 1 is 1.32 bits per heavy atom. The van der Waals surface area contributed by atoms with Crippen LogP contribution in [0.5, 0.6) is 0 Å². The van der Waals surface area contributed by atoms with Gasteiger partial charge in [-0.1, -0.05) is 0 Å². The van der Waals surface area contributed by atoms with Gasteiger partial charge in [0.2, 0.25) is 5.82 Å². The van der Waals surface area contributed by atoms with E-state index in [1.165, 1.54) is 11.3 Å². The van der Waals surface area contributed by atoms with Crippen LogP contribution in [0.4, 0.5) is 13.2 Å². The molecule has 1 amide bonds. The van der Waals surface area contributed by atoms with Crippen LogP contribution in [0.15, 0.2) is 10.2 Å². The first-order chi connectivity index (χ1) is 11.7. The zero-order valence-corrected chi connectivity index (χ0v) is 14.4. The summed E-state index contributed by atoms with van der Waals surface area (Å²) in [6, 6.07) is -0.462. The molecular weight excluding hydrogens is 359 g/mol. The summed E-state index contributed by atoms with van der Waals surface area (Å²) in [6.07, 6.45) is -3.95. The monoisotopic (exact) mass is 375 g/mol. The molecule has 25 heavy (non-hydrogen) atoms. The fourth-order valence-corrected chi connectivity index (χ4v) is 3.46. The van der Waals surface area contributed by atoms with Crippen LogP contribution in [0, 0.1) is 6.92 Å². The minimum atomic E-state index is -4.68. The highest BCUT2D eigenvalue weighted by Crippen LogP contribution is 2.28. The summed E-state index contributed by atoms with van der Waals surface area (Å²) >= 11 is 1.38. The molecular formula is C14H16F3N5O2S. The van der Waals surface area contributed by atoms with Gasteiger partial charge in [0.05, 0.1) is 11.0 Å². The van der Waals surface area contributed by atoms with Crippen LogP contribution in [0.2, 0.25) is 0 Å². The maximum absolute atomic E-state index is 12.9. The van der Waals surface area contributed by atoms with Crippen LogP contribution >= 0.6 is 11.3 Å². The first-order valence-electron chi connectivity index (χ1n) is 7.62. The third-order valence-electron chi connectivity index (χ3n) is 4.19. The summed E-state index contributed by atoms with van der Waals surface area (Å²) in [7, 11) is 1.05. The number of thiazole rings is 1. The van der Waals surface area contributed by atoms with Crippen molar-refractivity contribution in [1.29, 1.82) is 0 Å². The number of alkyl halides is 3. The molecule has 0 saturated carbocycles. The Morgan fingerprint density at radius 3 is 2.44 bits per heavy atom. The SMILES string of the molecule is Cc1nc(C(=O)N2CCC(n3nc(C(F)(F)F)n(C)c3=O)CC2)cs1. The van der Waals surface area contributed by atoms with Crippen LogP contribution in [0.25, 0.3) is 0 Å². The number of aromatic nitrogens is 4. The van der Waals surface area contributed by atoms with E-state index in [0.717, 1.165) is 16.7 Å². The molecule has 0 spiro atoms. The molecule has 1 fully saturated rings. The third kappa shape index (κ3) is 3.32. The van der Waals surface area contributed by atoms with Crippen molar-refractivity contribution in [1.82, 2.24) is 24.2 Å². The average Bonchev–Trinajstić information content (AvgIpc) is 3.11. The number of hydrogen-bond acceptors (Lipinski definition) is 5. The van der Waals surface area contributed by atoms with Gasteiger partial charge in [-0.3, -0.25) is 9.36 Å². The minimum Gasteiger partial charge on any atom is -0.337 e. The number of likely N-dealkylation sites (tertiary alicyclic amines) is 1. The summed E-state index contributed by atoms with van der Waals surface area (Å²) < 4.78 is 40.0. The van der Waals surface area contributed by atoms with Gasteiger partial charge in [0, 0.05) is 25.5 Å². The maximum atomic E-state index is 12.9. The molecule has 1 aliphatic heterocycles. The van der Waals surface area contributed by atoms with Crippen molar-refractivity contribution in [2.24, 2.45) is 7.05 Å². The number of hydrogen-bond donors (Lipinski definition) is 0. The third-order valence-corrected chi connectivity index (χ3v) is 4.97. The lowest BCUT2D eigenvalue weighted by Gasteiger charge is -2.31. The van der Waals surface area contributed by atoms with Crippen molar-refractivity contribution in [3.63, 3.8) is 0 Å². The highest BCUT2D eigenvalue weighted by molar-refractivity contribution is 7.09. The summed E-state index contributed by atoms with van der Waals surface area (Å²) in [5.74, 6) is -1.42. The minimum absolute atomic E-state index is 0.202. The Hall–Kier alpha value is -2.17. The van der Waals surface area contributed by atoms with E-state index in [4.69, 9.17) is 0 Å². The molecule has 0 unspecified atom stereocenters. The Labute approximate surface area is 144 Å². The molecule has 1 saturated heterocycles. The molecule has 136 valence electrons. The van der Waals surface area contributed by atoms with E-state index >= 15 is 0 Å². The molecule has 2 aromatic heterocycles. The fraction of sp³-hybridized carbons (Fsp3) is 0.571. The highest BCUT2D eigenvalue weighted by Gasteiger charge is 2.39. The van der Waals surface area contributed by atoms with Crippen LogP contribution < -0.4 is 5.69 Å². The standard InChI is InChI=1S/C14H16F3N5O2S/c1-8-18-10(7-25-8)11(23)21-5-3-9(4-6-21)22-13(24)20(2)12(19-22)14(15,16)17/h7,9H,3-6H2,1-2H3. The van der Waals surface area contributed by atoms with Gasteiger partial charge < -0.3 is 4.90 Å². The van der Waals surface area contributed by atoms with E-state index in [9.17, 15) is 22.8 Å². The highest BCUT2D eigenvalue weighted by atomic mass is 32.1. The fourth-order valence-electron chi connectivity index (χ4n) is 2.88. The van der Waals surface area contributed by atoms with Crippen LogP contribution in [-0.2, 0) is 13.2 Å². The molecule has 3 rings (SSSR count). The van der Waals surface area contributed by atoms with Gasteiger partial charge in [-0.25, -0.2) is 14.5 Å². The largest absolute Gasteiger partial charge is 0.451 e. The van der Waals surface area contributed by atoms with Crippen molar-refractivity contribution in [3.05, 3.63) is 32.4 Å². The lowest BCUT2D eigenvalue weighted by Crippen LogP contribution is -2.41. The van der Waals surface area contributed by atoms with Gasteiger partial charge in [-0.05, 0) is 19.8 Å². The van der Waals surface area contributed by atoms with E-state index in [-0.39, 0.29) is 5.91 Å². The Morgan fingerprint density at radius 2 is 1.96 bits per heavy atom. The molecule has 0 radical (unpaired) electrons. The van der Waals surface area contributed by atoms with Crippen LogP contribution in [0.3, 0.4) is 0 Å². The number of amides is 1. The smallest absolute Gasteiger partial charge is 0.337 e. The number of rotatable bonds is 2. The summed E-state index contributed by atoms with van der Waals surface area (Å²) in [6.45, 7) is 2.48. The normalized spacial score (nSPS) is 16.4. The van der Waals surface area contributed by atoms with E-state index in [2.05, 4.69) is 10.1 Å². The molecule has 0 N–H and O–H groups in total. The van der Waals surface area contributed by atoms with Gasteiger partial charge in [0.25, 0.3) is 5.91 Å². The van der Waals surface area contributed by atoms with Crippen LogP contribution in [-0.4, -0.2) is 43.2 Å². The zero-order chi connectivity index (χ0) is 18.4. The first kappa shape index (κ1) is 17.6. The molecule has 0 atom stereocenters. The maximum Gasteiger partial charge on any atom is 0.451 e. The van der Waals surface area contributed by atoms with Crippen molar-refractivity contribution >= 4 is 17.2 Å². The number of aryl methyl sites for hydroxylation is 1. The molecule has 0 aliphatic carbocycles. The number of nitrogens with zero attached hydrogens (tertiary/aromatic N) is 5. The van der Waals surface area contributed by atoms with Crippen molar-refractivity contribution in [3.8, 4) is 0 Å². The van der Waals surface area contributed by atoms with Gasteiger partial charge >= 0.3 is 11.9 Å². The number of halogens is 3.